The molecule has 222 valence electrons. The van der Waals surface area contributed by atoms with Crippen LogP contribution in [0.2, 0.25) is 0 Å². The van der Waals surface area contributed by atoms with Gasteiger partial charge in [0, 0.05) is 30.4 Å². The summed E-state index contributed by atoms with van der Waals surface area (Å²) in [5.41, 5.74) is 4.70. The van der Waals surface area contributed by atoms with Gasteiger partial charge in [-0.2, -0.15) is 4.98 Å². The maximum Gasteiger partial charge on any atom is 0.410 e. The molecule has 4 aromatic rings. The van der Waals surface area contributed by atoms with Crippen LogP contribution in [0.4, 0.5) is 10.5 Å². The number of anilines is 1. The van der Waals surface area contributed by atoms with Gasteiger partial charge < -0.3 is 24.0 Å². The molecule has 3 heterocycles. The maximum absolute atomic E-state index is 12.9. The van der Waals surface area contributed by atoms with Crippen molar-refractivity contribution in [2.75, 3.05) is 18.0 Å². The molecule has 1 amide bonds. The van der Waals surface area contributed by atoms with Crippen LogP contribution in [0.25, 0.3) is 11.1 Å². The molecule has 2 atom stereocenters. The van der Waals surface area contributed by atoms with Crippen LogP contribution in [0, 0.1) is 0 Å². The van der Waals surface area contributed by atoms with E-state index in [2.05, 4.69) is 29.2 Å². The van der Waals surface area contributed by atoms with Crippen molar-refractivity contribution in [1.82, 2.24) is 9.88 Å². The van der Waals surface area contributed by atoms with Gasteiger partial charge in [-0.25, -0.2) is 4.79 Å². The number of hydrogen-bond donors (Lipinski definition) is 0. The van der Waals surface area contributed by atoms with E-state index in [1.165, 1.54) is 0 Å². The minimum atomic E-state index is -0.502. The number of likely N-dealkylation sites (tertiary alicyclic amines) is 1. The fourth-order valence-corrected chi connectivity index (χ4v) is 6.00. The van der Waals surface area contributed by atoms with Crippen LogP contribution in [-0.4, -0.2) is 46.8 Å². The second-order valence-corrected chi connectivity index (χ2v) is 12.2. The molecular weight excluding hydrogens is 538 g/mol. The smallest absolute Gasteiger partial charge is 0.410 e. The van der Waals surface area contributed by atoms with Crippen molar-refractivity contribution < 1.29 is 19.0 Å². The van der Waals surface area contributed by atoms with E-state index in [1.54, 1.807) is 0 Å². The third-order valence-electron chi connectivity index (χ3n) is 7.98. The minimum Gasteiger partial charge on any atom is -0.473 e. The molecule has 3 aromatic carbocycles. The predicted octanol–water partition coefficient (Wildman–Crippen LogP) is 7.49. The lowest BCUT2D eigenvalue weighted by Gasteiger charge is -2.29. The van der Waals surface area contributed by atoms with Gasteiger partial charge in [0.25, 0.3) is 0 Å². The van der Waals surface area contributed by atoms with Gasteiger partial charge in [-0.1, -0.05) is 72.8 Å². The van der Waals surface area contributed by atoms with Gasteiger partial charge >= 0.3 is 6.09 Å². The molecule has 1 aromatic heterocycles. The summed E-state index contributed by atoms with van der Waals surface area (Å²) in [5, 5.41) is 0. The fraction of sp³-hybridized carbons (Fsp3) is 0.333. The Balaban J connectivity index is 1.23. The first-order valence-corrected chi connectivity index (χ1v) is 15.1. The number of ether oxygens (including phenoxy) is 3. The highest BCUT2D eigenvalue weighted by molar-refractivity contribution is 5.74. The third kappa shape index (κ3) is 6.77. The topological polar surface area (TPSA) is 64.1 Å². The fourth-order valence-electron chi connectivity index (χ4n) is 6.00. The average Bonchev–Trinajstić information content (AvgIpc) is 3.62. The Morgan fingerprint density at radius 3 is 2.16 bits per heavy atom. The van der Waals surface area contributed by atoms with Crippen LogP contribution in [0.3, 0.4) is 0 Å². The summed E-state index contributed by atoms with van der Waals surface area (Å²) < 4.78 is 18.1. The van der Waals surface area contributed by atoms with E-state index in [4.69, 9.17) is 19.2 Å². The first kappa shape index (κ1) is 28.6. The van der Waals surface area contributed by atoms with E-state index in [-0.39, 0.29) is 18.2 Å². The van der Waals surface area contributed by atoms with Crippen molar-refractivity contribution in [2.24, 2.45) is 0 Å². The number of aromatic nitrogens is 1. The molecule has 43 heavy (non-hydrogen) atoms. The first-order valence-electron chi connectivity index (χ1n) is 15.1. The normalized spacial score (nSPS) is 17.9. The lowest BCUT2D eigenvalue weighted by atomic mass is 10.0. The summed E-state index contributed by atoms with van der Waals surface area (Å²) in [6.45, 7) is 8.18. The summed E-state index contributed by atoms with van der Waals surface area (Å²) >= 11 is 0. The van der Waals surface area contributed by atoms with E-state index in [0.717, 1.165) is 47.3 Å². The molecule has 6 rings (SSSR count). The van der Waals surface area contributed by atoms with Gasteiger partial charge in [0.15, 0.2) is 0 Å². The molecule has 0 saturated carbocycles. The van der Waals surface area contributed by atoms with E-state index >= 15 is 0 Å². The standard InChI is InChI=1S/C36H39N3O4/c1-36(2,3)43-35(40)39-22-20-31-32(39)19-21-38(31)29-16-10-15-28(23-29)30-17-18-33(41-24-26-11-6-4-7-12-26)37-34(30)42-25-27-13-8-5-9-14-27/h4-18,23,31-32H,19-22,24-25H2,1-3H3/t31-,32-/m1/s1. The van der Waals surface area contributed by atoms with E-state index in [9.17, 15) is 4.79 Å². The molecule has 2 saturated heterocycles. The van der Waals surface area contributed by atoms with Gasteiger partial charge in [-0.05, 0) is 68.5 Å². The Morgan fingerprint density at radius 2 is 1.47 bits per heavy atom. The molecule has 7 heteroatoms. The van der Waals surface area contributed by atoms with Gasteiger partial charge in [0.1, 0.15) is 18.8 Å². The van der Waals surface area contributed by atoms with E-state index < -0.39 is 5.60 Å². The van der Waals surface area contributed by atoms with E-state index in [0.29, 0.717) is 31.5 Å². The van der Waals surface area contributed by atoms with Crippen LogP contribution in [-0.2, 0) is 18.0 Å². The Morgan fingerprint density at radius 1 is 0.791 bits per heavy atom. The lowest BCUT2D eigenvalue weighted by Crippen LogP contribution is -2.42. The first-order chi connectivity index (χ1) is 20.8. The molecule has 0 bridgehead atoms. The third-order valence-corrected chi connectivity index (χ3v) is 7.98. The van der Waals surface area contributed by atoms with Gasteiger partial charge in [0.2, 0.25) is 11.8 Å². The van der Waals surface area contributed by atoms with Crippen LogP contribution in [0.5, 0.6) is 11.8 Å². The minimum absolute atomic E-state index is 0.158. The number of benzene rings is 3. The molecule has 0 N–H and O–H groups in total. The number of fused-ring (bicyclic) bond motifs is 1. The van der Waals surface area contributed by atoms with Gasteiger partial charge in [-0.15, -0.1) is 0 Å². The Kier molecular flexibility index (Phi) is 8.23. The molecule has 2 aliphatic rings. The van der Waals surface area contributed by atoms with Crippen molar-refractivity contribution in [3.63, 3.8) is 0 Å². The summed E-state index contributed by atoms with van der Waals surface area (Å²) in [4.78, 5) is 22.1. The van der Waals surface area contributed by atoms with Crippen LogP contribution in [0.15, 0.2) is 97.1 Å². The SMILES string of the molecule is CC(C)(C)OC(=O)N1CC[C@@H]2[C@H]1CCN2c1cccc(-c2ccc(OCc3ccccc3)nc2OCc2ccccc2)c1. The average molecular weight is 578 g/mol. The molecule has 2 fully saturated rings. The molecule has 0 spiro atoms. The van der Waals surface area contributed by atoms with Crippen molar-refractivity contribution >= 4 is 11.8 Å². The van der Waals surface area contributed by atoms with Crippen LogP contribution in [0.1, 0.15) is 44.7 Å². The Bertz CT molecular complexity index is 1540. The van der Waals surface area contributed by atoms with Crippen LogP contribution >= 0.6 is 0 Å². The largest absolute Gasteiger partial charge is 0.473 e. The summed E-state index contributed by atoms with van der Waals surface area (Å²) in [6, 6.07) is 33.0. The molecule has 0 unspecified atom stereocenters. The highest BCUT2D eigenvalue weighted by atomic mass is 16.6. The maximum atomic E-state index is 12.9. The predicted molar refractivity (Wildman–Crippen MR) is 168 cm³/mol. The van der Waals surface area contributed by atoms with Crippen molar-refractivity contribution in [2.45, 2.75) is 64.5 Å². The van der Waals surface area contributed by atoms with Crippen molar-refractivity contribution in [1.29, 1.82) is 0 Å². The lowest BCUT2D eigenvalue weighted by molar-refractivity contribution is 0.0228. The number of rotatable bonds is 8. The van der Waals surface area contributed by atoms with E-state index in [1.807, 2.05) is 98.5 Å². The quantitative estimate of drug-likeness (QED) is 0.216. The molecule has 7 nitrogen and oxygen atoms in total. The second kappa shape index (κ2) is 12.4. The zero-order valence-corrected chi connectivity index (χ0v) is 25.1. The van der Waals surface area contributed by atoms with Gasteiger partial charge in [0.05, 0.1) is 12.1 Å². The summed E-state index contributed by atoms with van der Waals surface area (Å²) in [7, 11) is 0. The Labute approximate surface area is 254 Å². The molecule has 0 radical (unpaired) electrons. The molecule has 0 aliphatic carbocycles. The van der Waals surface area contributed by atoms with Crippen molar-refractivity contribution in [3.8, 4) is 22.9 Å². The Hall–Kier alpha value is -4.52. The number of amides is 1. The second-order valence-electron chi connectivity index (χ2n) is 12.2. The number of carbonyl (C=O) groups excluding carboxylic acids is 1. The van der Waals surface area contributed by atoms with Crippen molar-refractivity contribution in [3.05, 3.63) is 108 Å². The molecular formula is C36H39N3O4. The number of nitrogens with zero attached hydrogens (tertiary/aromatic N) is 3. The highest BCUT2D eigenvalue weighted by Crippen LogP contribution is 2.39. The van der Waals surface area contributed by atoms with Gasteiger partial charge in [-0.3, -0.25) is 0 Å². The number of carbonyl (C=O) groups is 1. The highest BCUT2D eigenvalue weighted by Gasteiger charge is 2.45. The zero-order chi connectivity index (χ0) is 29.8. The zero-order valence-electron chi connectivity index (χ0n) is 25.1. The van der Waals surface area contributed by atoms with Crippen LogP contribution < -0.4 is 14.4 Å². The number of pyridine rings is 1. The molecule has 2 aliphatic heterocycles. The monoisotopic (exact) mass is 577 g/mol. The summed E-state index contributed by atoms with van der Waals surface area (Å²) in [5.74, 6) is 1.05. The summed E-state index contributed by atoms with van der Waals surface area (Å²) in [6.07, 6.45) is 1.64. The number of hydrogen-bond acceptors (Lipinski definition) is 6.